The molecule has 0 aliphatic carbocycles. The fourth-order valence-corrected chi connectivity index (χ4v) is 4.13. The van der Waals surface area contributed by atoms with Crippen LogP contribution in [0.5, 0.6) is 0 Å². The van der Waals surface area contributed by atoms with Gasteiger partial charge in [-0.3, -0.25) is 14.2 Å². The molecule has 1 N–H and O–H groups in total. The zero-order valence-corrected chi connectivity index (χ0v) is 17.4. The molecule has 0 bridgehead atoms. The molecule has 0 saturated heterocycles. The standard InChI is InChI=1S/C23H16FN3O4S/c24-16-8-2-3-9-17(16)25-19(28)13-32-23-26-20-15-7-1-4-10-18(15)31-21(20)22(29)27(23)12-14-6-5-11-30-14/h1-11H,12-13H2,(H,25,28). The number of carbonyl (C=O) groups is 1. The Morgan fingerprint density at radius 2 is 1.91 bits per heavy atom. The van der Waals surface area contributed by atoms with Gasteiger partial charge in [0.15, 0.2) is 5.16 Å². The molecule has 0 radical (unpaired) electrons. The average Bonchev–Trinajstić information content (AvgIpc) is 3.44. The van der Waals surface area contributed by atoms with Gasteiger partial charge in [0.25, 0.3) is 5.56 Å². The molecule has 0 unspecified atom stereocenters. The first-order valence-corrected chi connectivity index (χ1v) is 10.7. The molecule has 7 nitrogen and oxygen atoms in total. The first-order valence-electron chi connectivity index (χ1n) is 9.72. The summed E-state index contributed by atoms with van der Waals surface area (Å²) in [7, 11) is 0. The van der Waals surface area contributed by atoms with Crippen molar-refractivity contribution in [3.8, 4) is 0 Å². The number of halogens is 1. The lowest BCUT2D eigenvalue weighted by molar-refractivity contribution is -0.113. The summed E-state index contributed by atoms with van der Waals surface area (Å²) in [4.78, 5) is 30.3. The van der Waals surface area contributed by atoms with Crippen LogP contribution in [0.1, 0.15) is 5.76 Å². The van der Waals surface area contributed by atoms with Crippen molar-refractivity contribution in [2.24, 2.45) is 0 Å². The van der Waals surface area contributed by atoms with E-state index in [1.807, 2.05) is 18.2 Å². The summed E-state index contributed by atoms with van der Waals surface area (Å²) in [5.41, 5.74) is 0.835. The van der Waals surface area contributed by atoms with E-state index in [2.05, 4.69) is 10.3 Å². The number of hydrogen-bond acceptors (Lipinski definition) is 6. The Balaban J connectivity index is 1.51. The fourth-order valence-electron chi connectivity index (χ4n) is 3.34. The van der Waals surface area contributed by atoms with Crippen molar-refractivity contribution in [3.05, 3.63) is 88.9 Å². The molecule has 5 rings (SSSR count). The number of anilines is 1. The van der Waals surface area contributed by atoms with Crippen molar-refractivity contribution >= 4 is 45.4 Å². The predicted octanol–water partition coefficient (Wildman–Crippen LogP) is 4.65. The van der Waals surface area contributed by atoms with Gasteiger partial charge in [-0.05, 0) is 36.4 Å². The first-order chi connectivity index (χ1) is 15.6. The van der Waals surface area contributed by atoms with E-state index >= 15 is 0 Å². The highest BCUT2D eigenvalue weighted by Gasteiger charge is 2.19. The van der Waals surface area contributed by atoms with Crippen LogP contribution >= 0.6 is 11.8 Å². The second-order valence-corrected chi connectivity index (χ2v) is 7.90. The van der Waals surface area contributed by atoms with E-state index in [-0.39, 0.29) is 29.1 Å². The Morgan fingerprint density at radius 1 is 1.09 bits per heavy atom. The third kappa shape index (κ3) is 3.78. The average molecular weight is 449 g/mol. The van der Waals surface area contributed by atoms with Gasteiger partial charge in [-0.1, -0.05) is 36.0 Å². The summed E-state index contributed by atoms with van der Waals surface area (Å²) in [6.07, 6.45) is 1.52. The third-order valence-corrected chi connectivity index (χ3v) is 5.80. The topological polar surface area (TPSA) is 90.3 Å². The van der Waals surface area contributed by atoms with E-state index < -0.39 is 11.7 Å². The molecular weight excluding hydrogens is 433 g/mol. The molecule has 9 heteroatoms. The number of furan rings is 2. The van der Waals surface area contributed by atoms with Crippen molar-refractivity contribution in [1.82, 2.24) is 9.55 Å². The highest BCUT2D eigenvalue weighted by atomic mass is 32.2. The number of hydrogen-bond donors (Lipinski definition) is 1. The van der Waals surface area contributed by atoms with E-state index in [1.54, 1.807) is 30.3 Å². The molecule has 3 aromatic heterocycles. The van der Waals surface area contributed by atoms with Crippen LogP contribution in [0.3, 0.4) is 0 Å². The molecular formula is C23H16FN3O4S. The molecule has 0 aliphatic rings. The van der Waals surface area contributed by atoms with Crippen molar-refractivity contribution < 1.29 is 18.0 Å². The summed E-state index contributed by atoms with van der Waals surface area (Å²) in [5, 5.41) is 3.57. The van der Waals surface area contributed by atoms with Gasteiger partial charge in [0.1, 0.15) is 22.7 Å². The number of aromatic nitrogens is 2. The minimum atomic E-state index is -0.523. The summed E-state index contributed by atoms with van der Waals surface area (Å²) in [6.45, 7) is 0.128. The SMILES string of the molecule is O=C(CSc1nc2c(oc3ccccc32)c(=O)n1Cc1ccco1)Nc1ccccc1F. The number of para-hydroxylation sites is 2. The quantitative estimate of drug-likeness (QED) is 0.300. The number of rotatable bonds is 6. The number of carbonyl (C=O) groups excluding carboxylic acids is 1. The molecule has 0 spiro atoms. The number of nitrogens with one attached hydrogen (secondary N) is 1. The van der Waals surface area contributed by atoms with Gasteiger partial charge >= 0.3 is 0 Å². The Kier molecular flexibility index (Phi) is 5.24. The van der Waals surface area contributed by atoms with Crippen LogP contribution in [-0.4, -0.2) is 21.2 Å². The minimum absolute atomic E-state index is 0.0692. The van der Waals surface area contributed by atoms with E-state index in [0.717, 1.165) is 11.8 Å². The fraction of sp³-hybridized carbons (Fsp3) is 0.0870. The number of amides is 1. The van der Waals surface area contributed by atoms with Gasteiger partial charge in [0, 0.05) is 5.39 Å². The van der Waals surface area contributed by atoms with E-state index in [0.29, 0.717) is 27.4 Å². The van der Waals surface area contributed by atoms with Crippen molar-refractivity contribution in [2.45, 2.75) is 11.7 Å². The Labute approximate surface area is 184 Å². The number of fused-ring (bicyclic) bond motifs is 3. The summed E-state index contributed by atoms with van der Waals surface area (Å²) >= 11 is 1.08. The van der Waals surface area contributed by atoms with Gasteiger partial charge in [-0.25, -0.2) is 9.37 Å². The molecule has 0 saturated carbocycles. The van der Waals surface area contributed by atoms with Gasteiger partial charge in [-0.15, -0.1) is 0 Å². The lowest BCUT2D eigenvalue weighted by atomic mass is 10.2. The summed E-state index contributed by atoms with van der Waals surface area (Å²) in [5.74, 6) is -0.455. The smallest absolute Gasteiger partial charge is 0.298 e. The summed E-state index contributed by atoms with van der Waals surface area (Å²) in [6, 6.07) is 16.6. The molecule has 5 aromatic rings. The van der Waals surface area contributed by atoms with Crippen LogP contribution in [0.4, 0.5) is 10.1 Å². The summed E-state index contributed by atoms with van der Waals surface area (Å²) < 4.78 is 26.4. The molecule has 0 fully saturated rings. The Bertz CT molecular complexity index is 1490. The van der Waals surface area contributed by atoms with E-state index in [9.17, 15) is 14.0 Å². The lowest BCUT2D eigenvalue weighted by Crippen LogP contribution is -2.24. The highest BCUT2D eigenvalue weighted by molar-refractivity contribution is 7.99. The molecule has 1 amide bonds. The second-order valence-electron chi connectivity index (χ2n) is 6.96. The molecule has 0 atom stereocenters. The Hall–Kier alpha value is -3.85. The first kappa shape index (κ1) is 20.1. The van der Waals surface area contributed by atoms with E-state index in [1.165, 1.54) is 23.0 Å². The predicted molar refractivity (Wildman–Crippen MR) is 119 cm³/mol. The molecule has 2 aromatic carbocycles. The maximum absolute atomic E-state index is 13.8. The van der Waals surface area contributed by atoms with Crippen LogP contribution in [-0.2, 0) is 11.3 Å². The van der Waals surface area contributed by atoms with Crippen LogP contribution < -0.4 is 10.9 Å². The number of benzene rings is 2. The zero-order valence-electron chi connectivity index (χ0n) is 16.6. The van der Waals surface area contributed by atoms with Crippen LogP contribution in [0.25, 0.3) is 22.1 Å². The number of nitrogens with zero attached hydrogens (tertiary/aromatic N) is 2. The van der Waals surface area contributed by atoms with Crippen molar-refractivity contribution in [2.75, 3.05) is 11.1 Å². The zero-order chi connectivity index (χ0) is 22.1. The monoisotopic (exact) mass is 449 g/mol. The maximum atomic E-state index is 13.8. The van der Waals surface area contributed by atoms with Gasteiger partial charge in [0.2, 0.25) is 11.5 Å². The lowest BCUT2D eigenvalue weighted by Gasteiger charge is -2.11. The Morgan fingerprint density at radius 3 is 2.72 bits per heavy atom. The van der Waals surface area contributed by atoms with Crippen molar-refractivity contribution in [1.29, 1.82) is 0 Å². The van der Waals surface area contributed by atoms with Crippen LogP contribution in [0.2, 0.25) is 0 Å². The second kappa shape index (κ2) is 8.35. The highest BCUT2D eigenvalue weighted by Crippen LogP contribution is 2.27. The molecule has 160 valence electrons. The van der Waals surface area contributed by atoms with Gasteiger partial charge in [0.05, 0.1) is 24.2 Å². The third-order valence-electron chi connectivity index (χ3n) is 4.82. The molecule has 0 aliphatic heterocycles. The van der Waals surface area contributed by atoms with Gasteiger partial charge < -0.3 is 14.2 Å². The van der Waals surface area contributed by atoms with Crippen LogP contribution in [0.15, 0.2) is 85.7 Å². The van der Waals surface area contributed by atoms with E-state index in [4.69, 9.17) is 8.83 Å². The van der Waals surface area contributed by atoms with Crippen molar-refractivity contribution in [3.63, 3.8) is 0 Å². The maximum Gasteiger partial charge on any atom is 0.298 e. The normalized spacial score (nSPS) is 11.3. The molecule has 3 heterocycles. The largest absolute Gasteiger partial charge is 0.467 e. The van der Waals surface area contributed by atoms with Gasteiger partial charge in [-0.2, -0.15) is 0 Å². The number of thioether (sulfide) groups is 1. The minimum Gasteiger partial charge on any atom is -0.467 e. The van der Waals surface area contributed by atoms with Crippen LogP contribution in [0, 0.1) is 5.82 Å². The molecule has 32 heavy (non-hydrogen) atoms.